The zero-order valence-electron chi connectivity index (χ0n) is 31.3. The molecule has 1 aromatic heterocycles. The first-order valence-electron chi connectivity index (χ1n) is 18.2. The Morgan fingerprint density at radius 2 is 1.28 bits per heavy atom. The van der Waals surface area contributed by atoms with E-state index in [0.717, 1.165) is 45.5 Å². The van der Waals surface area contributed by atoms with E-state index in [2.05, 4.69) is 4.98 Å². The van der Waals surface area contributed by atoms with E-state index in [9.17, 15) is 28.6 Å². The molecule has 0 saturated carbocycles. The molecule has 2 heterocycles. The third-order valence-electron chi connectivity index (χ3n) is 9.12. The summed E-state index contributed by atoms with van der Waals surface area (Å²) in [6, 6.07) is 32.8. The van der Waals surface area contributed by atoms with Crippen molar-refractivity contribution in [3.05, 3.63) is 165 Å². The van der Waals surface area contributed by atoms with Gasteiger partial charge in [0.15, 0.2) is 6.29 Å². The van der Waals surface area contributed by atoms with Gasteiger partial charge in [-0.2, -0.15) is 8.42 Å². The highest BCUT2D eigenvalue weighted by molar-refractivity contribution is 7.86. The first-order valence-corrected chi connectivity index (χ1v) is 19.6. The molecule has 0 bridgehead atoms. The van der Waals surface area contributed by atoms with E-state index < -0.39 is 69.3 Å². The van der Waals surface area contributed by atoms with Crippen molar-refractivity contribution in [1.29, 1.82) is 0 Å². The average Bonchev–Trinajstić information content (AvgIpc) is 3.71. The first-order chi connectivity index (χ1) is 28.1. The lowest BCUT2D eigenvalue weighted by atomic mass is 9.97. The van der Waals surface area contributed by atoms with Gasteiger partial charge >= 0.3 is 5.95 Å². The summed E-state index contributed by atoms with van der Waals surface area (Å²) >= 11 is 0. The van der Waals surface area contributed by atoms with Gasteiger partial charge in [0.05, 0.1) is 42.9 Å². The Bertz CT molecular complexity index is 2160. The number of methoxy groups -OCH3 is 1. The number of nitro benzene ring substituents is 1. The van der Waals surface area contributed by atoms with Crippen LogP contribution in [0.3, 0.4) is 0 Å². The van der Waals surface area contributed by atoms with Gasteiger partial charge in [0.2, 0.25) is 0 Å². The number of non-ortho nitro benzene ring substituents is 1. The molecular weight excluding hydrogens is 777 g/mol. The Kier molecular flexibility index (Phi) is 14.8. The summed E-state index contributed by atoms with van der Waals surface area (Å²) < 4.78 is 71.6. The van der Waals surface area contributed by atoms with Gasteiger partial charge in [-0.1, -0.05) is 96.0 Å². The number of rotatable bonds is 21. The van der Waals surface area contributed by atoms with Crippen molar-refractivity contribution in [2.24, 2.45) is 0 Å². The molecule has 0 radical (unpaired) electrons. The molecule has 1 saturated heterocycles. The maximum Gasteiger partial charge on any atom is 0.434 e. The molecular formula is C40H42N4O13S. The third kappa shape index (κ3) is 11.4. The van der Waals surface area contributed by atoms with Crippen molar-refractivity contribution in [2.75, 3.05) is 20.3 Å². The maximum absolute atomic E-state index is 13.4. The monoisotopic (exact) mass is 818 g/mol. The summed E-state index contributed by atoms with van der Waals surface area (Å²) in [5, 5.41) is 22.8. The van der Waals surface area contributed by atoms with Gasteiger partial charge in [0, 0.05) is 19.2 Å². The molecule has 18 heteroatoms. The molecule has 0 spiro atoms. The summed E-state index contributed by atoms with van der Waals surface area (Å²) in [6.45, 7) is -0.376. The zero-order chi connectivity index (χ0) is 40.9. The van der Waals surface area contributed by atoms with Crippen molar-refractivity contribution in [3.63, 3.8) is 0 Å². The third-order valence-corrected chi connectivity index (χ3v) is 10.5. The second kappa shape index (κ2) is 20.3. The molecule has 0 N–H and O–H groups in total. The van der Waals surface area contributed by atoms with E-state index in [-0.39, 0.29) is 43.6 Å². The van der Waals surface area contributed by atoms with Crippen molar-refractivity contribution in [3.8, 4) is 0 Å². The van der Waals surface area contributed by atoms with Gasteiger partial charge in [-0.3, -0.25) is 14.3 Å². The topological polar surface area (TPSA) is 203 Å². The van der Waals surface area contributed by atoms with Gasteiger partial charge in [-0.15, -0.1) is 0 Å². The van der Waals surface area contributed by atoms with Crippen LogP contribution in [0.15, 0.2) is 133 Å². The van der Waals surface area contributed by atoms with E-state index >= 15 is 0 Å². The number of imidazole rings is 1. The molecule has 0 amide bonds. The molecule has 17 nitrogen and oxygen atoms in total. The highest BCUT2D eigenvalue weighted by Crippen LogP contribution is 2.31. The van der Waals surface area contributed by atoms with E-state index in [1.165, 1.54) is 19.5 Å². The van der Waals surface area contributed by atoms with E-state index in [4.69, 9.17) is 32.6 Å². The molecule has 6 atom stereocenters. The normalized spacial score (nSPS) is 20.1. The van der Waals surface area contributed by atoms with E-state index in [1.807, 2.05) is 91.0 Å². The minimum atomic E-state index is -4.55. The Hall–Kier alpha value is -5.44. The van der Waals surface area contributed by atoms with Crippen LogP contribution in [0, 0.1) is 20.2 Å². The Morgan fingerprint density at radius 1 is 0.741 bits per heavy atom. The molecule has 1 aliphatic rings. The summed E-state index contributed by atoms with van der Waals surface area (Å²) in [7, 11) is -3.08. The number of aromatic nitrogens is 2. The molecule has 1 unspecified atom stereocenters. The number of hydrogen-bond acceptors (Lipinski definition) is 14. The minimum Gasteiger partial charge on any atom is -0.390 e. The number of hydrogen-bond donors (Lipinski definition) is 0. The van der Waals surface area contributed by atoms with E-state index in [0.29, 0.717) is 0 Å². The fourth-order valence-corrected chi connectivity index (χ4v) is 7.36. The Labute approximate surface area is 334 Å². The minimum absolute atomic E-state index is 0.170. The molecule has 1 fully saturated rings. The summed E-state index contributed by atoms with van der Waals surface area (Å²) in [5.74, 6) is -0.547. The van der Waals surface area contributed by atoms with Crippen LogP contribution in [0.4, 0.5) is 11.6 Å². The first kappa shape index (κ1) is 42.2. The standard InChI is InChI=1S/C40H42N4O13S/c1-51-39-38(55-26-31-15-9-4-10-16-31)37(54-25-30-13-7-3-8-14-30)36(53-24-29-11-5-2-6-12-29)35(56-39)28-52-27-33(23-42-22-21-41-40(42)44(47)48)57-58(49,50)34-19-17-32(18-20-34)43(45)46/h2-22,33,35-39H,23-28H2,1H3/t33?,35-,36-,37+,38-,39+/m1/s1. The summed E-state index contributed by atoms with van der Waals surface area (Å²) in [4.78, 5) is 24.8. The lowest BCUT2D eigenvalue weighted by Gasteiger charge is -2.45. The summed E-state index contributed by atoms with van der Waals surface area (Å²) in [5.41, 5.74) is 2.38. The lowest BCUT2D eigenvalue weighted by molar-refractivity contribution is -0.397. The second-order valence-corrected chi connectivity index (χ2v) is 14.7. The lowest BCUT2D eigenvalue weighted by Crippen LogP contribution is -2.61. The van der Waals surface area contributed by atoms with Crippen LogP contribution in [0.1, 0.15) is 16.7 Å². The van der Waals surface area contributed by atoms with Crippen LogP contribution in [-0.4, -0.2) is 84.9 Å². The predicted molar refractivity (Wildman–Crippen MR) is 206 cm³/mol. The fraction of sp³-hybridized carbons (Fsp3) is 0.325. The maximum atomic E-state index is 13.4. The number of benzene rings is 4. The highest BCUT2D eigenvalue weighted by Gasteiger charge is 2.49. The molecule has 5 aromatic rings. The molecule has 0 aliphatic carbocycles. The number of nitrogens with zero attached hydrogens (tertiary/aromatic N) is 4. The second-order valence-electron chi connectivity index (χ2n) is 13.2. The Balaban J connectivity index is 1.26. The highest BCUT2D eigenvalue weighted by atomic mass is 32.2. The van der Waals surface area contributed by atoms with Crippen LogP contribution >= 0.6 is 0 Å². The van der Waals surface area contributed by atoms with Gasteiger partial charge in [0.25, 0.3) is 15.8 Å². The van der Waals surface area contributed by atoms with Crippen LogP contribution in [0.2, 0.25) is 0 Å². The van der Waals surface area contributed by atoms with Crippen molar-refractivity contribution < 1.29 is 50.9 Å². The molecule has 4 aromatic carbocycles. The van der Waals surface area contributed by atoms with Crippen molar-refractivity contribution >= 4 is 21.8 Å². The van der Waals surface area contributed by atoms with E-state index in [1.54, 1.807) is 0 Å². The van der Waals surface area contributed by atoms with Crippen LogP contribution in [0.25, 0.3) is 0 Å². The largest absolute Gasteiger partial charge is 0.434 e. The van der Waals surface area contributed by atoms with Gasteiger partial charge in [-0.05, 0) is 33.7 Å². The molecule has 6 rings (SSSR count). The number of nitro groups is 2. The van der Waals surface area contributed by atoms with Crippen LogP contribution in [-0.2, 0) is 69.1 Å². The predicted octanol–water partition coefficient (Wildman–Crippen LogP) is 5.62. The number of ether oxygens (including phenoxy) is 6. The summed E-state index contributed by atoms with van der Waals surface area (Å²) in [6.07, 6.45) is -3.06. The average molecular weight is 819 g/mol. The van der Waals surface area contributed by atoms with Crippen molar-refractivity contribution in [1.82, 2.24) is 9.55 Å². The quantitative estimate of drug-likeness (QED) is 0.0502. The smallest absolute Gasteiger partial charge is 0.390 e. The van der Waals surface area contributed by atoms with Gasteiger partial charge in [-0.25, -0.2) is 4.57 Å². The van der Waals surface area contributed by atoms with Gasteiger partial charge in [0.1, 0.15) is 49.5 Å². The Morgan fingerprint density at radius 3 is 1.79 bits per heavy atom. The SMILES string of the molecule is CO[C@H]1O[C@H](COCC(Cn2ccnc2[N+](=O)[O-])OS(=O)(=O)c2ccc([N+](=O)[O-])cc2)[C@@H](OCc2ccccc2)[C@H](OCc2ccccc2)[C@H]1OCc1ccccc1. The van der Waals surface area contributed by atoms with Crippen molar-refractivity contribution in [2.45, 2.75) is 68.1 Å². The molecule has 1 aliphatic heterocycles. The zero-order valence-corrected chi connectivity index (χ0v) is 32.2. The fourth-order valence-electron chi connectivity index (χ4n) is 6.30. The van der Waals surface area contributed by atoms with Crippen LogP contribution in [0.5, 0.6) is 0 Å². The molecule has 58 heavy (non-hydrogen) atoms. The van der Waals surface area contributed by atoms with Crippen LogP contribution < -0.4 is 0 Å². The van der Waals surface area contributed by atoms with Gasteiger partial charge < -0.3 is 38.5 Å². The molecule has 306 valence electrons.